The largest absolute Gasteiger partial charge is 0.298 e. The molecular formula is C9H14N2S. The average molecular weight is 182 g/mol. The molecule has 0 fully saturated rings. The van der Waals surface area contributed by atoms with Gasteiger partial charge in [-0.3, -0.25) is 4.99 Å². The van der Waals surface area contributed by atoms with Gasteiger partial charge in [-0.1, -0.05) is 6.92 Å². The lowest BCUT2D eigenvalue weighted by atomic mass is 10.1. The molecule has 0 bridgehead atoms. The summed E-state index contributed by atoms with van der Waals surface area (Å²) in [6.45, 7) is 4.25. The third kappa shape index (κ3) is 2.41. The van der Waals surface area contributed by atoms with Crippen molar-refractivity contribution in [3.8, 4) is 0 Å². The smallest absolute Gasteiger partial charge is 0.0956 e. The topological polar surface area (TPSA) is 25.2 Å². The lowest BCUT2D eigenvalue weighted by Gasteiger charge is -2.06. The molecule has 2 nitrogen and oxygen atoms in total. The van der Waals surface area contributed by atoms with E-state index in [1.807, 2.05) is 18.6 Å². The van der Waals surface area contributed by atoms with Crippen molar-refractivity contribution in [2.75, 3.05) is 7.05 Å². The standard InChI is InChI=1S/C9H14N2S/c1-7(6-8(2)10-3)9-11-4-5-12-9/h4-5,7H,6H2,1-3H3. The Labute approximate surface area is 77.4 Å². The van der Waals surface area contributed by atoms with Crippen LogP contribution in [0.4, 0.5) is 0 Å². The summed E-state index contributed by atoms with van der Waals surface area (Å²) < 4.78 is 0. The second-order valence-electron chi connectivity index (χ2n) is 2.93. The van der Waals surface area contributed by atoms with Crippen molar-refractivity contribution in [2.45, 2.75) is 26.2 Å². The van der Waals surface area contributed by atoms with E-state index in [2.05, 4.69) is 23.8 Å². The zero-order valence-electron chi connectivity index (χ0n) is 7.74. The molecule has 3 heteroatoms. The molecule has 0 saturated carbocycles. The third-order valence-electron chi connectivity index (χ3n) is 1.86. The number of aromatic nitrogens is 1. The van der Waals surface area contributed by atoms with Gasteiger partial charge in [0.1, 0.15) is 0 Å². The van der Waals surface area contributed by atoms with Crippen molar-refractivity contribution in [2.24, 2.45) is 4.99 Å². The van der Waals surface area contributed by atoms with Crippen molar-refractivity contribution in [1.29, 1.82) is 0 Å². The molecule has 1 unspecified atom stereocenters. The minimum atomic E-state index is 0.508. The van der Waals surface area contributed by atoms with Crippen LogP contribution in [0.15, 0.2) is 16.6 Å². The molecule has 0 spiro atoms. The van der Waals surface area contributed by atoms with Crippen LogP contribution >= 0.6 is 11.3 Å². The molecule has 0 N–H and O–H groups in total. The van der Waals surface area contributed by atoms with Crippen molar-refractivity contribution < 1.29 is 0 Å². The predicted molar refractivity (Wildman–Crippen MR) is 54.2 cm³/mol. The fourth-order valence-electron chi connectivity index (χ4n) is 1.10. The molecule has 0 aliphatic rings. The van der Waals surface area contributed by atoms with E-state index in [0.29, 0.717) is 5.92 Å². The van der Waals surface area contributed by atoms with Crippen LogP contribution < -0.4 is 0 Å². The van der Waals surface area contributed by atoms with E-state index < -0.39 is 0 Å². The zero-order chi connectivity index (χ0) is 8.97. The van der Waals surface area contributed by atoms with Crippen LogP contribution in [-0.4, -0.2) is 17.7 Å². The van der Waals surface area contributed by atoms with Crippen LogP contribution in [0.25, 0.3) is 0 Å². The minimum absolute atomic E-state index is 0.508. The Balaban J connectivity index is 2.55. The Bertz CT molecular complexity index is 252. The molecule has 0 saturated heterocycles. The van der Waals surface area contributed by atoms with Gasteiger partial charge in [-0.2, -0.15) is 0 Å². The van der Waals surface area contributed by atoms with Gasteiger partial charge in [-0.05, 0) is 13.3 Å². The quantitative estimate of drug-likeness (QED) is 0.660. The molecule has 1 aromatic rings. The van der Waals surface area contributed by atoms with Gasteiger partial charge in [-0.25, -0.2) is 4.98 Å². The summed E-state index contributed by atoms with van der Waals surface area (Å²) >= 11 is 1.72. The van der Waals surface area contributed by atoms with E-state index in [-0.39, 0.29) is 0 Å². The van der Waals surface area contributed by atoms with E-state index in [1.54, 1.807) is 11.3 Å². The molecular weight excluding hydrogens is 168 g/mol. The summed E-state index contributed by atoms with van der Waals surface area (Å²) in [4.78, 5) is 8.40. The van der Waals surface area contributed by atoms with Crippen molar-refractivity contribution in [1.82, 2.24) is 4.98 Å². The van der Waals surface area contributed by atoms with Gasteiger partial charge in [-0.15, -0.1) is 11.3 Å². The highest BCUT2D eigenvalue weighted by Crippen LogP contribution is 2.21. The molecule has 66 valence electrons. The average Bonchev–Trinajstić information content (AvgIpc) is 2.56. The molecule has 0 aromatic carbocycles. The zero-order valence-corrected chi connectivity index (χ0v) is 8.56. The maximum Gasteiger partial charge on any atom is 0.0956 e. The highest BCUT2D eigenvalue weighted by atomic mass is 32.1. The van der Waals surface area contributed by atoms with Crippen LogP contribution in [-0.2, 0) is 0 Å². The molecule has 1 rings (SSSR count). The van der Waals surface area contributed by atoms with Crippen LogP contribution in [0.2, 0.25) is 0 Å². The Kier molecular flexibility index (Phi) is 3.41. The summed E-state index contributed by atoms with van der Waals surface area (Å²) in [7, 11) is 1.84. The van der Waals surface area contributed by atoms with Gasteiger partial charge in [0.2, 0.25) is 0 Å². The molecule has 1 heterocycles. The van der Waals surface area contributed by atoms with Crippen molar-refractivity contribution in [3.63, 3.8) is 0 Å². The number of hydrogen-bond donors (Lipinski definition) is 0. The first kappa shape index (κ1) is 9.39. The van der Waals surface area contributed by atoms with Crippen LogP contribution in [0.3, 0.4) is 0 Å². The lowest BCUT2D eigenvalue weighted by Crippen LogP contribution is -2.00. The number of thiazole rings is 1. The summed E-state index contributed by atoms with van der Waals surface area (Å²) in [5, 5.41) is 3.22. The first-order valence-electron chi connectivity index (χ1n) is 4.05. The van der Waals surface area contributed by atoms with E-state index >= 15 is 0 Å². The molecule has 0 radical (unpaired) electrons. The Morgan fingerprint density at radius 2 is 2.50 bits per heavy atom. The molecule has 0 amide bonds. The summed E-state index contributed by atoms with van der Waals surface area (Å²) in [6, 6.07) is 0. The van der Waals surface area contributed by atoms with Crippen LogP contribution in [0, 0.1) is 0 Å². The maximum absolute atomic E-state index is 4.27. The van der Waals surface area contributed by atoms with E-state index in [1.165, 1.54) is 10.7 Å². The second-order valence-corrected chi connectivity index (χ2v) is 3.86. The highest BCUT2D eigenvalue weighted by molar-refractivity contribution is 7.09. The van der Waals surface area contributed by atoms with E-state index in [9.17, 15) is 0 Å². The Morgan fingerprint density at radius 1 is 1.75 bits per heavy atom. The third-order valence-corrected chi connectivity index (χ3v) is 2.86. The summed E-state index contributed by atoms with van der Waals surface area (Å²) in [6.07, 6.45) is 2.87. The number of aliphatic imine (C=N–C) groups is 1. The highest BCUT2D eigenvalue weighted by Gasteiger charge is 2.08. The van der Waals surface area contributed by atoms with Gasteiger partial charge >= 0.3 is 0 Å². The van der Waals surface area contributed by atoms with Gasteiger partial charge < -0.3 is 0 Å². The summed E-state index contributed by atoms with van der Waals surface area (Å²) in [5.74, 6) is 0.508. The van der Waals surface area contributed by atoms with Crippen molar-refractivity contribution >= 4 is 17.0 Å². The second kappa shape index (κ2) is 4.36. The van der Waals surface area contributed by atoms with Gasteiger partial charge in [0.05, 0.1) is 5.01 Å². The predicted octanol–water partition coefficient (Wildman–Crippen LogP) is 2.73. The van der Waals surface area contributed by atoms with E-state index in [4.69, 9.17) is 0 Å². The fourth-order valence-corrected chi connectivity index (χ4v) is 1.80. The monoisotopic (exact) mass is 182 g/mol. The summed E-state index contributed by atoms with van der Waals surface area (Å²) in [5.41, 5.74) is 1.19. The van der Waals surface area contributed by atoms with Gasteiger partial charge in [0.25, 0.3) is 0 Å². The number of hydrogen-bond acceptors (Lipinski definition) is 3. The first-order chi connectivity index (χ1) is 5.74. The number of nitrogens with zero attached hydrogens (tertiary/aromatic N) is 2. The van der Waals surface area contributed by atoms with Gasteiger partial charge in [0, 0.05) is 30.3 Å². The maximum atomic E-state index is 4.27. The minimum Gasteiger partial charge on any atom is -0.298 e. The van der Waals surface area contributed by atoms with Crippen molar-refractivity contribution in [3.05, 3.63) is 16.6 Å². The molecule has 1 atom stereocenters. The normalized spacial score (nSPS) is 14.8. The lowest BCUT2D eigenvalue weighted by molar-refractivity contribution is 0.791. The fraction of sp³-hybridized carbons (Fsp3) is 0.556. The Hall–Kier alpha value is -0.700. The van der Waals surface area contributed by atoms with Gasteiger partial charge in [0.15, 0.2) is 0 Å². The molecule has 1 aromatic heterocycles. The van der Waals surface area contributed by atoms with E-state index in [0.717, 1.165) is 6.42 Å². The SMILES string of the molecule is CN=C(C)CC(C)c1nccs1. The Morgan fingerprint density at radius 3 is 3.00 bits per heavy atom. The first-order valence-corrected chi connectivity index (χ1v) is 4.93. The number of rotatable bonds is 3. The molecule has 12 heavy (non-hydrogen) atoms. The van der Waals surface area contributed by atoms with Crippen LogP contribution in [0.5, 0.6) is 0 Å². The van der Waals surface area contributed by atoms with Crippen LogP contribution in [0.1, 0.15) is 31.2 Å². The molecule has 0 aliphatic carbocycles. The molecule has 0 aliphatic heterocycles.